The number of rotatable bonds is 7. The van der Waals surface area contributed by atoms with Crippen molar-refractivity contribution in [2.45, 2.75) is 32.0 Å². The van der Waals surface area contributed by atoms with Crippen molar-refractivity contribution in [2.24, 2.45) is 0 Å². The molecular formula is C24H24F2N4O4. The second-order valence-electron chi connectivity index (χ2n) is 8.52. The van der Waals surface area contributed by atoms with Crippen LogP contribution in [0.15, 0.2) is 36.7 Å². The van der Waals surface area contributed by atoms with Gasteiger partial charge in [0.2, 0.25) is 0 Å². The quantitative estimate of drug-likeness (QED) is 0.521. The van der Waals surface area contributed by atoms with Crippen LogP contribution in [0.4, 0.5) is 8.78 Å². The largest absolute Gasteiger partial charge is 0.496 e. The van der Waals surface area contributed by atoms with Crippen molar-refractivity contribution in [1.82, 2.24) is 14.3 Å². The molecule has 0 N–H and O–H groups in total. The molecule has 10 heteroatoms. The lowest BCUT2D eigenvalue weighted by atomic mass is 9.87. The molecule has 3 heterocycles. The summed E-state index contributed by atoms with van der Waals surface area (Å²) in [6, 6.07) is 8.84. The molecule has 178 valence electrons. The number of amides is 1. The average Bonchev–Trinajstić information content (AvgIpc) is 3.20. The number of alkyl halides is 2. The Morgan fingerprint density at radius 2 is 1.94 bits per heavy atom. The highest BCUT2D eigenvalue weighted by Crippen LogP contribution is 2.38. The lowest BCUT2D eigenvalue weighted by Gasteiger charge is -2.38. The van der Waals surface area contributed by atoms with E-state index in [1.807, 2.05) is 19.9 Å². The van der Waals surface area contributed by atoms with Crippen LogP contribution in [0.5, 0.6) is 11.5 Å². The Hall–Kier alpha value is -3.71. The molecule has 1 aromatic carbocycles. The molecular weight excluding hydrogens is 446 g/mol. The van der Waals surface area contributed by atoms with Crippen molar-refractivity contribution in [3.8, 4) is 28.8 Å². The maximum atomic E-state index is 13.3. The Kier molecular flexibility index (Phi) is 6.15. The number of imidazole rings is 1. The van der Waals surface area contributed by atoms with Gasteiger partial charge in [0, 0.05) is 32.0 Å². The van der Waals surface area contributed by atoms with Crippen LogP contribution in [0.2, 0.25) is 0 Å². The molecule has 0 aliphatic carbocycles. The fourth-order valence-electron chi connectivity index (χ4n) is 3.86. The maximum Gasteiger partial charge on any atom is 0.387 e. The third-order valence-electron chi connectivity index (χ3n) is 5.99. The second kappa shape index (κ2) is 8.91. The molecule has 0 radical (unpaired) electrons. The summed E-state index contributed by atoms with van der Waals surface area (Å²) in [6.07, 6.45) is 3.25. The van der Waals surface area contributed by atoms with E-state index in [0.717, 1.165) is 5.56 Å². The van der Waals surface area contributed by atoms with Crippen molar-refractivity contribution in [3.05, 3.63) is 47.8 Å². The van der Waals surface area contributed by atoms with Gasteiger partial charge in [-0.3, -0.25) is 9.20 Å². The maximum absolute atomic E-state index is 13.3. The molecule has 34 heavy (non-hydrogen) atoms. The number of methoxy groups -OCH3 is 2. The van der Waals surface area contributed by atoms with Crippen LogP contribution in [0.1, 0.15) is 29.8 Å². The first-order valence-electron chi connectivity index (χ1n) is 10.6. The summed E-state index contributed by atoms with van der Waals surface area (Å²) < 4.78 is 43.7. The van der Waals surface area contributed by atoms with Gasteiger partial charge in [0.1, 0.15) is 22.7 Å². The molecule has 4 rings (SSSR count). The van der Waals surface area contributed by atoms with Gasteiger partial charge in [0.05, 0.1) is 36.6 Å². The zero-order valence-electron chi connectivity index (χ0n) is 19.2. The number of pyridine rings is 1. The first-order chi connectivity index (χ1) is 16.2. The number of carbonyl (C=O) groups excluding carboxylic acids is 1. The number of hydrogen-bond donors (Lipinski definition) is 0. The molecule has 0 atom stereocenters. The van der Waals surface area contributed by atoms with Gasteiger partial charge in [-0.1, -0.05) is 0 Å². The smallest absolute Gasteiger partial charge is 0.387 e. The summed E-state index contributed by atoms with van der Waals surface area (Å²) in [4.78, 5) is 19.0. The molecule has 1 amide bonds. The van der Waals surface area contributed by atoms with Gasteiger partial charge in [-0.15, -0.1) is 0 Å². The number of nitriles is 1. The molecule has 2 aromatic heterocycles. The molecule has 0 unspecified atom stereocenters. The number of likely N-dealkylation sites (tertiary alicyclic amines) is 1. The van der Waals surface area contributed by atoms with Gasteiger partial charge in [0.25, 0.3) is 5.91 Å². The highest BCUT2D eigenvalue weighted by Gasteiger charge is 2.35. The number of aromatic nitrogens is 2. The van der Waals surface area contributed by atoms with Gasteiger partial charge in [-0.05, 0) is 43.7 Å². The van der Waals surface area contributed by atoms with E-state index < -0.39 is 17.9 Å². The van der Waals surface area contributed by atoms with E-state index in [1.165, 1.54) is 18.1 Å². The fraction of sp³-hybridized carbons (Fsp3) is 0.375. The zero-order chi connectivity index (χ0) is 24.6. The van der Waals surface area contributed by atoms with Crippen LogP contribution < -0.4 is 9.47 Å². The van der Waals surface area contributed by atoms with Crippen LogP contribution in [-0.4, -0.2) is 60.2 Å². The summed E-state index contributed by atoms with van der Waals surface area (Å²) in [5.41, 5.74) is 1.66. The number of carbonyl (C=O) groups is 1. The molecule has 1 saturated heterocycles. The number of hydrogen-bond acceptors (Lipinski definition) is 6. The van der Waals surface area contributed by atoms with Crippen LogP contribution >= 0.6 is 0 Å². The average molecular weight is 470 g/mol. The Balaban J connectivity index is 1.79. The van der Waals surface area contributed by atoms with E-state index in [-0.39, 0.29) is 23.2 Å². The first-order valence-corrected chi connectivity index (χ1v) is 10.6. The monoisotopic (exact) mass is 470 g/mol. The summed E-state index contributed by atoms with van der Waals surface area (Å²) in [5, 5.41) is 9.42. The molecule has 3 aromatic rings. The normalized spacial score (nSPS) is 14.2. The van der Waals surface area contributed by atoms with E-state index in [0.29, 0.717) is 30.0 Å². The van der Waals surface area contributed by atoms with Gasteiger partial charge >= 0.3 is 6.61 Å². The van der Waals surface area contributed by atoms with Crippen molar-refractivity contribution >= 4 is 11.6 Å². The van der Waals surface area contributed by atoms with Crippen molar-refractivity contribution in [2.75, 3.05) is 27.3 Å². The van der Waals surface area contributed by atoms with Crippen LogP contribution in [0, 0.1) is 11.3 Å². The molecule has 1 fully saturated rings. The summed E-state index contributed by atoms with van der Waals surface area (Å²) in [7, 11) is 2.91. The number of benzene rings is 1. The van der Waals surface area contributed by atoms with Gasteiger partial charge in [-0.25, -0.2) is 4.98 Å². The van der Waals surface area contributed by atoms with E-state index >= 15 is 0 Å². The topological polar surface area (TPSA) is 89.1 Å². The van der Waals surface area contributed by atoms with Crippen molar-refractivity contribution in [3.63, 3.8) is 0 Å². The number of halogens is 2. The molecule has 0 spiro atoms. The molecule has 1 aliphatic rings. The minimum Gasteiger partial charge on any atom is -0.496 e. The van der Waals surface area contributed by atoms with Gasteiger partial charge in [-0.2, -0.15) is 14.0 Å². The third kappa shape index (κ3) is 4.15. The Bertz CT molecular complexity index is 1280. The Morgan fingerprint density at radius 3 is 2.56 bits per heavy atom. The molecule has 8 nitrogen and oxygen atoms in total. The standard InChI is InChI=1S/C24H24F2N4O4/c1-24(2,13-27)15-5-6-30-17(10-28-20(30)9-15)14-7-18(33-4)21(19(8-14)34-23(25)26)22(31)29-11-16(12-29)32-3/h5-10,16,23H,11-12H2,1-4H3. The number of ether oxygens (including phenoxy) is 3. The Morgan fingerprint density at radius 1 is 1.24 bits per heavy atom. The fourth-order valence-corrected chi connectivity index (χ4v) is 3.86. The Labute approximate surface area is 195 Å². The predicted molar refractivity (Wildman–Crippen MR) is 119 cm³/mol. The highest BCUT2D eigenvalue weighted by molar-refractivity contribution is 6.01. The summed E-state index contributed by atoms with van der Waals surface area (Å²) >= 11 is 0. The first kappa shape index (κ1) is 23.4. The number of nitrogens with zero attached hydrogens (tertiary/aromatic N) is 4. The minimum absolute atomic E-state index is 0.0759. The summed E-state index contributed by atoms with van der Waals surface area (Å²) in [5.74, 6) is -0.655. The minimum atomic E-state index is -3.13. The highest BCUT2D eigenvalue weighted by atomic mass is 19.3. The summed E-state index contributed by atoms with van der Waals surface area (Å²) in [6.45, 7) is 1.19. The number of fused-ring (bicyclic) bond motifs is 1. The lowest BCUT2D eigenvalue weighted by molar-refractivity contribution is -0.0510. The molecule has 0 saturated carbocycles. The van der Waals surface area contributed by atoms with Crippen LogP contribution in [0.25, 0.3) is 16.9 Å². The predicted octanol–water partition coefficient (Wildman–Crippen LogP) is 3.88. The zero-order valence-corrected chi connectivity index (χ0v) is 19.2. The van der Waals surface area contributed by atoms with Crippen LogP contribution in [-0.2, 0) is 10.2 Å². The second-order valence-corrected chi connectivity index (χ2v) is 8.52. The van der Waals surface area contributed by atoms with Gasteiger partial charge < -0.3 is 19.1 Å². The van der Waals surface area contributed by atoms with E-state index in [4.69, 9.17) is 14.2 Å². The molecule has 0 bridgehead atoms. The lowest BCUT2D eigenvalue weighted by Crippen LogP contribution is -2.54. The van der Waals surface area contributed by atoms with E-state index in [2.05, 4.69) is 11.1 Å². The molecule has 1 aliphatic heterocycles. The van der Waals surface area contributed by atoms with Crippen LogP contribution in [0.3, 0.4) is 0 Å². The SMILES string of the molecule is COc1cc(-c2cnc3cc(C(C)(C)C#N)ccn23)cc(OC(F)F)c1C(=O)N1CC(OC)C1. The van der Waals surface area contributed by atoms with E-state index in [1.54, 1.807) is 36.0 Å². The van der Waals surface area contributed by atoms with E-state index in [9.17, 15) is 18.8 Å². The van der Waals surface area contributed by atoms with Crippen molar-refractivity contribution in [1.29, 1.82) is 5.26 Å². The van der Waals surface area contributed by atoms with Crippen molar-refractivity contribution < 1.29 is 27.8 Å². The van der Waals surface area contributed by atoms with Gasteiger partial charge in [0.15, 0.2) is 0 Å². The third-order valence-corrected chi connectivity index (χ3v) is 5.99.